The van der Waals surface area contributed by atoms with Crippen LogP contribution in [0.5, 0.6) is 0 Å². The zero-order valence-electron chi connectivity index (χ0n) is 38.2. The Morgan fingerprint density at radius 3 is 2.34 bits per heavy atom. The van der Waals surface area contributed by atoms with Crippen molar-refractivity contribution in [3.8, 4) is 39.5 Å². The van der Waals surface area contributed by atoms with Crippen molar-refractivity contribution in [2.45, 2.75) is 52.7 Å². The van der Waals surface area contributed by atoms with E-state index in [0.29, 0.717) is 33.8 Å². The van der Waals surface area contributed by atoms with E-state index in [4.69, 9.17) is 17.6 Å². The molecule has 0 aliphatic carbocycles. The molecular formula is C50H45IrN3OSi-2. The number of imidazole rings is 1. The predicted octanol–water partition coefficient (Wildman–Crippen LogP) is 12.8. The van der Waals surface area contributed by atoms with Gasteiger partial charge in [0.05, 0.1) is 30.5 Å². The molecule has 4 nitrogen and oxygen atoms in total. The molecule has 0 amide bonds. The number of hydrogen-bond donors (Lipinski definition) is 0. The Labute approximate surface area is 353 Å². The van der Waals surface area contributed by atoms with Gasteiger partial charge in [0.15, 0.2) is 0 Å². The molecule has 0 aliphatic heterocycles. The van der Waals surface area contributed by atoms with E-state index < -0.39 is 14.9 Å². The molecule has 0 saturated carbocycles. The fraction of sp³-hybridized carbons (Fsp3) is 0.160. The minimum Gasteiger partial charge on any atom is -0.501 e. The maximum Gasteiger partial charge on any atom is 0.121 e. The number of aromatic nitrogens is 3. The van der Waals surface area contributed by atoms with Crippen molar-refractivity contribution < 1.29 is 32.7 Å². The van der Waals surface area contributed by atoms with Crippen LogP contribution in [0.2, 0.25) is 19.6 Å². The Kier molecular flexibility index (Phi) is 8.86. The van der Waals surface area contributed by atoms with Gasteiger partial charge in [-0.1, -0.05) is 124 Å². The van der Waals surface area contributed by atoms with Gasteiger partial charge in [-0.3, -0.25) is 4.98 Å². The van der Waals surface area contributed by atoms with E-state index in [1.165, 1.54) is 16.8 Å². The van der Waals surface area contributed by atoms with E-state index in [9.17, 15) is 0 Å². The fourth-order valence-corrected chi connectivity index (χ4v) is 7.84. The standard InChI is InChI=1S/C36H29N2O.C14H16NSi.Ir/c1-23-17-19-26-27-13-10-14-28(34(27)39-33(26)21-23)35-37-30-15-8-9-16-32(30)38(35)31-20-18-25(36(2,3)4)22-29(31)24-11-6-5-7-12-24;1-16(2,3)13-9-10-14(15-11-13)12-7-5-4-6-8-12;/h5-13,15-22H,1-4H3;4-7,9-11H,1-3H3;/q2*-1;/i1D3;4D,5D,6D;. The van der Waals surface area contributed by atoms with Gasteiger partial charge in [-0.15, -0.1) is 54.0 Å². The van der Waals surface area contributed by atoms with E-state index in [-0.39, 0.29) is 49.2 Å². The first-order chi connectivity index (χ1) is 28.9. The Balaban J connectivity index is 0.000000244. The summed E-state index contributed by atoms with van der Waals surface area (Å²) in [5.74, 6) is 0.706. The predicted molar refractivity (Wildman–Crippen MR) is 233 cm³/mol. The monoisotopic (exact) mass is 930 g/mol. The number of furan rings is 1. The molecule has 9 rings (SSSR count). The van der Waals surface area contributed by atoms with Crippen LogP contribution in [0, 0.1) is 19.0 Å². The number of para-hydroxylation sites is 2. The Morgan fingerprint density at radius 2 is 1.61 bits per heavy atom. The molecule has 6 heteroatoms. The zero-order valence-corrected chi connectivity index (χ0v) is 35.6. The van der Waals surface area contributed by atoms with Crippen molar-refractivity contribution in [2.24, 2.45) is 0 Å². The van der Waals surface area contributed by atoms with Crippen LogP contribution in [0.4, 0.5) is 0 Å². The molecule has 0 fully saturated rings. The normalized spacial score (nSPS) is 13.5. The summed E-state index contributed by atoms with van der Waals surface area (Å²) >= 11 is 0. The first-order valence-corrected chi connectivity index (χ1v) is 21.9. The number of benzene rings is 6. The van der Waals surface area contributed by atoms with Crippen molar-refractivity contribution in [1.82, 2.24) is 14.5 Å². The summed E-state index contributed by atoms with van der Waals surface area (Å²) < 4.78 is 54.9. The second-order valence-corrected chi connectivity index (χ2v) is 20.9. The van der Waals surface area contributed by atoms with Crippen molar-refractivity contribution in [3.63, 3.8) is 0 Å². The van der Waals surface area contributed by atoms with Crippen molar-refractivity contribution in [3.05, 3.63) is 169 Å². The van der Waals surface area contributed by atoms with Crippen LogP contribution in [0.15, 0.2) is 150 Å². The van der Waals surface area contributed by atoms with Gasteiger partial charge in [0.2, 0.25) is 0 Å². The second-order valence-electron chi connectivity index (χ2n) is 15.8. The third kappa shape index (κ3) is 7.70. The summed E-state index contributed by atoms with van der Waals surface area (Å²) in [4.78, 5) is 9.53. The van der Waals surface area contributed by atoms with E-state index in [1.807, 2.05) is 54.7 Å². The first kappa shape index (κ1) is 31.8. The molecule has 6 aromatic carbocycles. The van der Waals surface area contributed by atoms with E-state index in [0.717, 1.165) is 38.6 Å². The topological polar surface area (TPSA) is 43.9 Å². The number of fused-ring (bicyclic) bond motifs is 4. The fourth-order valence-electron chi connectivity index (χ4n) is 6.81. The van der Waals surface area contributed by atoms with Gasteiger partial charge in [-0.25, -0.2) is 0 Å². The molecule has 3 heterocycles. The molecule has 0 spiro atoms. The summed E-state index contributed by atoms with van der Waals surface area (Å²) in [6.07, 6.45) is 1.87. The largest absolute Gasteiger partial charge is 0.501 e. The molecule has 0 bridgehead atoms. The molecule has 281 valence electrons. The van der Waals surface area contributed by atoms with Crippen molar-refractivity contribution >= 4 is 46.2 Å². The molecule has 0 atom stereocenters. The number of pyridine rings is 1. The van der Waals surface area contributed by atoms with Gasteiger partial charge in [-0.2, -0.15) is 0 Å². The number of rotatable bonds is 5. The Bertz CT molecular complexity index is 3050. The molecule has 56 heavy (non-hydrogen) atoms. The first-order valence-electron chi connectivity index (χ1n) is 21.4. The van der Waals surface area contributed by atoms with Gasteiger partial charge in [0.25, 0.3) is 0 Å². The van der Waals surface area contributed by atoms with E-state index >= 15 is 0 Å². The molecule has 9 aromatic rings. The van der Waals surface area contributed by atoms with Gasteiger partial charge < -0.3 is 14.0 Å². The molecule has 1 radical (unpaired) electrons. The third-order valence-electron chi connectivity index (χ3n) is 9.86. The summed E-state index contributed by atoms with van der Waals surface area (Å²) in [7, 11) is -1.36. The molecule has 0 unspecified atom stereocenters. The third-order valence-corrected chi connectivity index (χ3v) is 11.9. The Morgan fingerprint density at radius 1 is 0.804 bits per heavy atom. The average Bonchev–Trinajstić information content (AvgIpc) is 3.80. The molecule has 0 saturated heterocycles. The summed E-state index contributed by atoms with van der Waals surface area (Å²) in [5, 5.41) is 3.02. The molecule has 0 aliphatic rings. The van der Waals surface area contributed by atoms with Gasteiger partial charge in [-0.05, 0) is 71.5 Å². The van der Waals surface area contributed by atoms with Gasteiger partial charge in [0.1, 0.15) is 5.58 Å². The van der Waals surface area contributed by atoms with E-state index in [2.05, 4.69) is 117 Å². The number of hydrogen-bond acceptors (Lipinski definition) is 3. The molecule has 3 aromatic heterocycles. The van der Waals surface area contributed by atoms with E-state index in [1.54, 1.807) is 12.1 Å². The zero-order chi connectivity index (χ0) is 43.4. The maximum absolute atomic E-state index is 7.86. The van der Waals surface area contributed by atoms with Crippen molar-refractivity contribution in [1.29, 1.82) is 0 Å². The minimum atomic E-state index is -2.22. The Hall–Kier alpha value is -5.39. The van der Waals surface area contributed by atoms with Crippen LogP contribution in [0.3, 0.4) is 0 Å². The van der Waals surface area contributed by atoms with Crippen LogP contribution in [-0.2, 0) is 25.5 Å². The average molecular weight is 930 g/mol. The van der Waals surface area contributed by atoms with Crippen molar-refractivity contribution in [2.75, 3.05) is 0 Å². The second kappa shape index (κ2) is 15.6. The quantitative estimate of drug-likeness (QED) is 0.128. The molecular weight excluding hydrogens is 879 g/mol. The SMILES string of the molecule is [2H]C([2H])([2H])c1ccc2c(c1)oc1c(-c3nc4ccccc4n3-c3ccc(C(C)(C)C)cc3-c3ccccc3)[c-]ccc12.[2H]c1[c-]c(-c2ccc([Si](C)(C)C)cn2)cc([2H])c1[2H].[Ir]. The van der Waals surface area contributed by atoms with Crippen LogP contribution >= 0.6 is 0 Å². The molecule has 0 N–H and O–H groups in total. The number of nitrogens with zero attached hydrogens (tertiary/aromatic N) is 3. The minimum absolute atomic E-state index is 0. The maximum atomic E-state index is 7.86. The summed E-state index contributed by atoms with van der Waals surface area (Å²) in [5.41, 5.74) is 9.69. The van der Waals surface area contributed by atoms with Crippen LogP contribution in [0.25, 0.3) is 72.4 Å². The van der Waals surface area contributed by atoms with Crippen LogP contribution in [-0.4, -0.2) is 22.6 Å². The van der Waals surface area contributed by atoms with Crippen LogP contribution < -0.4 is 5.19 Å². The number of aryl methyl sites for hydroxylation is 1. The summed E-state index contributed by atoms with van der Waals surface area (Å²) in [6.45, 7) is 11.2. The van der Waals surface area contributed by atoms with Gasteiger partial charge >= 0.3 is 0 Å². The van der Waals surface area contributed by atoms with Crippen LogP contribution in [0.1, 0.15) is 40.1 Å². The van der Waals surface area contributed by atoms with Gasteiger partial charge in [0, 0.05) is 49.8 Å². The smallest absolute Gasteiger partial charge is 0.121 e. The summed E-state index contributed by atoms with van der Waals surface area (Å²) in [6, 6.07) is 45.7.